The molecular formula is C31H39NO2. The van der Waals surface area contributed by atoms with Crippen LogP contribution in [0.5, 0.6) is 0 Å². The molecule has 5 aliphatic rings. The first-order valence-corrected chi connectivity index (χ1v) is 13.4. The van der Waals surface area contributed by atoms with Gasteiger partial charge in [-0.2, -0.15) is 0 Å². The van der Waals surface area contributed by atoms with Crippen molar-refractivity contribution in [2.45, 2.75) is 70.8 Å². The quantitative estimate of drug-likeness (QED) is 0.597. The van der Waals surface area contributed by atoms with Crippen LogP contribution in [0, 0.1) is 28.1 Å². The Morgan fingerprint density at radius 1 is 0.824 bits per heavy atom. The lowest BCUT2D eigenvalue weighted by atomic mass is 9.40. The Morgan fingerprint density at radius 3 is 1.79 bits per heavy atom. The van der Waals surface area contributed by atoms with Gasteiger partial charge in [-0.3, -0.25) is 4.79 Å². The van der Waals surface area contributed by atoms with E-state index >= 15 is 0 Å². The topological polar surface area (TPSA) is 40.5 Å². The second-order valence-electron chi connectivity index (χ2n) is 13.0. The van der Waals surface area contributed by atoms with Gasteiger partial charge in [0.1, 0.15) is 5.60 Å². The molecule has 2 aromatic carbocycles. The highest BCUT2D eigenvalue weighted by Gasteiger charge is 2.63. The van der Waals surface area contributed by atoms with E-state index < -0.39 is 5.60 Å². The van der Waals surface area contributed by atoms with Gasteiger partial charge in [0, 0.05) is 13.1 Å². The predicted molar refractivity (Wildman–Crippen MR) is 135 cm³/mol. The van der Waals surface area contributed by atoms with Gasteiger partial charge in [0.15, 0.2) is 0 Å². The average molecular weight is 458 g/mol. The second kappa shape index (κ2) is 7.68. The van der Waals surface area contributed by atoms with Crippen LogP contribution in [0.3, 0.4) is 0 Å². The second-order valence-corrected chi connectivity index (χ2v) is 13.0. The fourth-order valence-corrected chi connectivity index (χ4v) is 9.54. The van der Waals surface area contributed by atoms with Crippen molar-refractivity contribution in [2.24, 2.45) is 28.1 Å². The smallest absolute Gasteiger partial charge is 0.228 e. The van der Waals surface area contributed by atoms with Gasteiger partial charge in [0.25, 0.3) is 0 Å². The third kappa shape index (κ3) is 3.46. The van der Waals surface area contributed by atoms with Crippen molar-refractivity contribution in [1.29, 1.82) is 0 Å². The number of hydrogen-bond donors (Lipinski definition) is 1. The summed E-state index contributed by atoms with van der Waals surface area (Å²) in [6.07, 6.45) is 8.89. The fourth-order valence-electron chi connectivity index (χ4n) is 9.54. The molecule has 0 radical (unpaired) electrons. The van der Waals surface area contributed by atoms with Crippen molar-refractivity contribution in [3.8, 4) is 0 Å². The highest BCUT2D eigenvalue weighted by atomic mass is 16.3. The largest absolute Gasteiger partial charge is 0.380 e. The first-order valence-electron chi connectivity index (χ1n) is 13.4. The van der Waals surface area contributed by atoms with Crippen LogP contribution >= 0.6 is 0 Å². The Balaban J connectivity index is 1.23. The molecule has 3 heteroatoms. The molecule has 1 aliphatic heterocycles. The molecule has 2 unspecified atom stereocenters. The number of likely N-dealkylation sites (tertiary alicyclic amines) is 1. The third-order valence-electron chi connectivity index (χ3n) is 9.88. The van der Waals surface area contributed by atoms with Gasteiger partial charge in [-0.05, 0) is 85.2 Å². The van der Waals surface area contributed by atoms with Crippen molar-refractivity contribution < 1.29 is 9.90 Å². The maximum atomic E-state index is 14.1. The van der Waals surface area contributed by atoms with E-state index in [1.807, 2.05) is 60.7 Å². The minimum Gasteiger partial charge on any atom is -0.380 e. The van der Waals surface area contributed by atoms with Gasteiger partial charge < -0.3 is 10.0 Å². The van der Waals surface area contributed by atoms with Crippen LogP contribution in [0.25, 0.3) is 0 Å². The number of piperidine rings is 1. The summed E-state index contributed by atoms with van der Waals surface area (Å²) >= 11 is 0. The molecule has 4 bridgehead atoms. The predicted octanol–water partition coefficient (Wildman–Crippen LogP) is 6.16. The summed E-state index contributed by atoms with van der Waals surface area (Å²) in [5.41, 5.74) is 1.44. The molecule has 7 rings (SSSR count). The summed E-state index contributed by atoms with van der Waals surface area (Å²) in [6.45, 7) is 6.41. The highest BCUT2D eigenvalue weighted by Crippen LogP contribution is 2.70. The molecule has 34 heavy (non-hydrogen) atoms. The SMILES string of the molecule is CC12CC3CC(C)(C1)CC(C(=O)N1CCC(C(O)(c4ccccc4)c4ccccc4)CC1)(C3)C2. The van der Waals surface area contributed by atoms with E-state index in [2.05, 4.69) is 18.7 Å². The standard InChI is InChI=1S/C31H39NO2/c1-28-17-23-18-29(2,20-28)22-30(19-23,21-28)27(33)32-15-13-26(14-16-32)31(34,24-9-5-3-6-10-24)25-11-7-4-8-12-25/h3-12,23,26,34H,13-22H2,1-2H3. The van der Waals surface area contributed by atoms with E-state index in [4.69, 9.17) is 0 Å². The van der Waals surface area contributed by atoms with Crippen LogP contribution < -0.4 is 0 Å². The molecule has 2 aromatic rings. The number of hydrogen-bond acceptors (Lipinski definition) is 2. The highest BCUT2D eigenvalue weighted by molar-refractivity contribution is 5.83. The molecule has 1 amide bonds. The van der Waals surface area contributed by atoms with E-state index in [1.54, 1.807) is 0 Å². The number of aliphatic hydroxyl groups is 1. The minimum atomic E-state index is -1.03. The Hall–Kier alpha value is -2.13. The molecule has 2 atom stereocenters. The maximum absolute atomic E-state index is 14.1. The van der Waals surface area contributed by atoms with Crippen molar-refractivity contribution in [2.75, 3.05) is 13.1 Å². The number of amides is 1. The van der Waals surface area contributed by atoms with Gasteiger partial charge >= 0.3 is 0 Å². The van der Waals surface area contributed by atoms with Gasteiger partial charge in [-0.15, -0.1) is 0 Å². The number of carbonyl (C=O) groups is 1. The lowest BCUT2D eigenvalue weighted by Gasteiger charge is -2.65. The lowest BCUT2D eigenvalue weighted by molar-refractivity contribution is -0.181. The summed E-state index contributed by atoms with van der Waals surface area (Å²) in [5.74, 6) is 1.25. The number of nitrogens with zero attached hydrogens (tertiary/aromatic N) is 1. The van der Waals surface area contributed by atoms with E-state index in [-0.39, 0.29) is 11.3 Å². The van der Waals surface area contributed by atoms with E-state index in [0.29, 0.717) is 16.7 Å². The number of rotatable bonds is 4. The Labute approximate surface area is 204 Å². The zero-order valence-electron chi connectivity index (χ0n) is 20.8. The Morgan fingerprint density at radius 2 is 1.32 bits per heavy atom. The molecule has 1 N–H and O–H groups in total. The van der Waals surface area contributed by atoms with Crippen LogP contribution in [-0.2, 0) is 10.4 Å². The van der Waals surface area contributed by atoms with Gasteiger partial charge in [-0.25, -0.2) is 0 Å². The zero-order valence-corrected chi connectivity index (χ0v) is 20.8. The monoisotopic (exact) mass is 457 g/mol. The maximum Gasteiger partial charge on any atom is 0.228 e. The van der Waals surface area contributed by atoms with Crippen LogP contribution in [-0.4, -0.2) is 29.0 Å². The normalized spacial score (nSPS) is 35.5. The van der Waals surface area contributed by atoms with Gasteiger partial charge in [-0.1, -0.05) is 74.5 Å². The summed E-state index contributed by atoms with van der Waals surface area (Å²) in [6, 6.07) is 20.2. The Kier molecular flexibility index (Phi) is 5.05. The average Bonchev–Trinajstić information content (AvgIpc) is 2.82. The van der Waals surface area contributed by atoms with E-state index in [9.17, 15) is 9.90 Å². The summed E-state index contributed by atoms with van der Waals surface area (Å²) in [7, 11) is 0. The molecular weight excluding hydrogens is 418 g/mol. The summed E-state index contributed by atoms with van der Waals surface area (Å²) < 4.78 is 0. The molecule has 0 spiro atoms. The van der Waals surface area contributed by atoms with Crippen molar-refractivity contribution >= 4 is 5.91 Å². The van der Waals surface area contributed by atoms with Crippen molar-refractivity contribution in [3.05, 3.63) is 71.8 Å². The van der Waals surface area contributed by atoms with Gasteiger partial charge in [0.2, 0.25) is 5.91 Å². The molecule has 5 fully saturated rings. The van der Waals surface area contributed by atoms with Crippen LogP contribution in [0.2, 0.25) is 0 Å². The number of benzene rings is 2. The third-order valence-corrected chi connectivity index (χ3v) is 9.88. The molecule has 3 nitrogen and oxygen atoms in total. The first kappa shape index (κ1) is 22.3. The summed E-state index contributed by atoms with van der Waals surface area (Å²) in [5, 5.41) is 12.2. The zero-order chi connectivity index (χ0) is 23.6. The fraction of sp³-hybridized carbons (Fsp3) is 0.581. The molecule has 4 saturated carbocycles. The molecule has 1 saturated heterocycles. The minimum absolute atomic E-state index is 0.0905. The molecule has 1 heterocycles. The number of carbonyl (C=O) groups excluding carboxylic acids is 1. The molecule has 0 aromatic heterocycles. The van der Waals surface area contributed by atoms with Crippen LogP contribution in [0.1, 0.15) is 76.3 Å². The Bertz CT molecular complexity index is 998. The molecule has 4 aliphatic carbocycles. The lowest BCUT2D eigenvalue weighted by Crippen LogP contribution is -2.61. The van der Waals surface area contributed by atoms with E-state index in [0.717, 1.165) is 62.2 Å². The van der Waals surface area contributed by atoms with Crippen LogP contribution in [0.15, 0.2) is 60.7 Å². The summed E-state index contributed by atoms with van der Waals surface area (Å²) in [4.78, 5) is 16.3. The van der Waals surface area contributed by atoms with Crippen molar-refractivity contribution in [3.63, 3.8) is 0 Å². The first-order chi connectivity index (χ1) is 16.2. The van der Waals surface area contributed by atoms with Crippen molar-refractivity contribution in [1.82, 2.24) is 4.90 Å². The van der Waals surface area contributed by atoms with E-state index in [1.165, 1.54) is 19.3 Å². The van der Waals surface area contributed by atoms with Crippen LogP contribution in [0.4, 0.5) is 0 Å². The molecule has 180 valence electrons. The van der Waals surface area contributed by atoms with Gasteiger partial charge in [0.05, 0.1) is 5.41 Å².